The maximum atomic E-state index is 9.85. The summed E-state index contributed by atoms with van der Waals surface area (Å²) in [6, 6.07) is 18.5. The highest BCUT2D eigenvalue weighted by atomic mass is 127. The number of aromatic nitrogens is 6. The summed E-state index contributed by atoms with van der Waals surface area (Å²) in [6.45, 7) is 18.6. The fourth-order valence-corrected chi connectivity index (χ4v) is 8.17. The smallest absolute Gasteiger partial charge is 0.399 e. The van der Waals surface area contributed by atoms with E-state index >= 15 is 0 Å². The van der Waals surface area contributed by atoms with E-state index in [0.29, 0.717) is 39.6 Å². The van der Waals surface area contributed by atoms with Crippen LogP contribution in [-0.4, -0.2) is 101 Å². The van der Waals surface area contributed by atoms with Crippen LogP contribution in [0.15, 0.2) is 94.5 Å². The van der Waals surface area contributed by atoms with Gasteiger partial charge in [-0.15, -0.1) is 0 Å². The zero-order valence-electron chi connectivity index (χ0n) is 44.3. The number of halogens is 1. The van der Waals surface area contributed by atoms with Crippen molar-refractivity contribution in [2.45, 2.75) is 155 Å². The van der Waals surface area contributed by atoms with Crippen molar-refractivity contribution in [1.82, 2.24) is 29.4 Å². The number of unbranched alkanes of at least 4 members (excludes halogenated alkanes) is 3. The molecule has 8 rings (SSSR count). The molecule has 4 aromatic heterocycles. The van der Waals surface area contributed by atoms with Gasteiger partial charge < -0.3 is 57.4 Å². The second-order valence-corrected chi connectivity index (χ2v) is 19.6. The Morgan fingerprint density at radius 2 is 1.34 bits per heavy atom. The van der Waals surface area contributed by atoms with E-state index < -0.39 is 12.1 Å². The minimum atomic E-state index is -0.763. The summed E-state index contributed by atoms with van der Waals surface area (Å²) in [5.74, 6) is 14.2. The van der Waals surface area contributed by atoms with Gasteiger partial charge in [-0.2, -0.15) is 0 Å². The Labute approximate surface area is 452 Å². The van der Waals surface area contributed by atoms with Crippen molar-refractivity contribution in [3.63, 3.8) is 0 Å². The number of hydrogen-bond acceptors (Lipinski definition) is 14. The lowest BCUT2D eigenvalue weighted by Gasteiger charge is -2.32. The van der Waals surface area contributed by atoms with Crippen molar-refractivity contribution in [3.05, 3.63) is 123 Å². The Balaban J connectivity index is 0.000000240. The lowest BCUT2D eigenvalue weighted by Crippen LogP contribution is -2.41. The minimum absolute atomic E-state index is 0. The summed E-state index contributed by atoms with van der Waals surface area (Å²) in [5.41, 5.74) is 4.45. The molecule has 2 aromatic carbocycles. The average Bonchev–Trinajstić information content (AvgIpc) is 4.27. The monoisotopic (exact) mass is 1130 g/mol. The molecule has 5 atom stereocenters. The summed E-state index contributed by atoms with van der Waals surface area (Å²) in [5, 5.41) is 46.4. The first-order chi connectivity index (χ1) is 35.7. The molecular weight excluding hydrogens is 1050 g/mol. The minimum Gasteiger partial charge on any atom is -0.399 e. The van der Waals surface area contributed by atoms with Crippen LogP contribution in [0.25, 0.3) is 11.3 Å². The second kappa shape index (κ2) is 29.8. The number of ether oxygens (including phenoxy) is 2. The Hall–Kier alpha value is -5.13. The molecule has 0 saturated carbocycles. The first-order valence-corrected chi connectivity index (χ1v) is 26.7. The van der Waals surface area contributed by atoms with Crippen molar-refractivity contribution in [1.29, 1.82) is 0 Å². The lowest BCUT2D eigenvalue weighted by atomic mass is 9.79. The zero-order chi connectivity index (χ0) is 53.7. The molecule has 0 radical (unpaired) electrons. The van der Waals surface area contributed by atoms with E-state index in [-0.39, 0.29) is 58.0 Å². The Kier molecular flexibility index (Phi) is 24.1. The topological polar surface area (TPSA) is 206 Å². The summed E-state index contributed by atoms with van der Waals surface area (Å²) < 4.78 is 38.5. The number of imidazole rings is 2. The van der Waals surface area contributed by atoms with Gasteiger partial charge in [-0.1, -0.05) is 73.3 Å². The van der Waals surface area contributed by atoms with Crippen molar-refractivity contribution in [2.75, 3.05) is 26.4 Å². The van der Waals surface area contributed by atoms with Crippen LogP contribution in [0.1, 0.15) is 174 Å². The van der Waals surface area contributed by atoms with Crippen molar-refractivity contribution in [2.24, 2.45) is 0 Å². The van der Waals surface area contributed by atoms with E-state index in [1.54, 1.807) is 42.2 Å². The van der Waals surface area contributed by atoms with Crippen LogP contribution in [0.5, 0.6) is 0 Å². The largest absolute Gasteiger partial charge is 0.494 e. The normalized spacial score (nSPS) is 17.1. The highest BCUT2D eigenvalue weighted by molar-refractivity contribution is 14.1. The van der Waals surface area contributed by atoms with Gasteiger partial charge in [0, 0.05) is 104 Å². The Morgan fingerprint density at radius 1 is 0.784 bits per heavy atom. The van der Waals surface area contributed by atoms with Crippen molar-refractivity contribution < 1.29 is 49.7 Å². The van der Waals surface area contributed by atoms with Gasteiger partial charge in [0.25, 0.3) is 0 Å². The zero-order valence-corrected chi connectivity index (χ0v) is 46.5. The van der Waals surface area contributed by atoms with E-state index in [0.717, 1.165) is 60.3 Å². The third-order valence-electron chi connectivity index (χ3n) is 12.5. The number of aliphatic hydroxyl groups excluding tert-OH is 4. The molecule has 2 saturated heterocycles. The summed E-state index contributed by atoms with van der Waals surface area (Å²) in [6.07, 6.45) is 13.3. The molecule has 74 heavy (non-hydrogen) atoms. The van der Waals surface area contributed by atoms with Crippen LogP contribution in [0.2, 0.25) is 0 Å². The number of benzene rings is 2. The SMILES string of the molecule is CC.CCCCC#Cc1ccc(B2OC(C)(C)C(C)(C)O2)cc1.C[C@H](O)c1nccn1[C@H](CO)c1cc(-c2ccc(C#CCCCO)cc2)on1.C[C@H](OC1CCCCO1)c1nccn1[C@H](CO)c1cc(I)on1.[2HH]. The predicted octanol–water partition coefficient (Wildman–Crippen LogP) is 9.76. The lowest BCUT2D eigenvalue weighted by molar-refractivity contribution is -0.188. The van der Waals surface area contributed by atoms with Crippen molar-refractivity contribution >= 4 is 35.2 Å². The van der Waals surface area contributed by atoms with Gasteiger partial charge in [0.15, 0.2) is 15.8 Å². The summed E-state index contributed by atoms with van der Waals surface area (Å²) >= 11 is 2.05. The van der Waals surface area contributed by atoms with E-state index in [9.17, 15) is 15.3 Å². The third-order valence-corrected chi connectivity index (χ3v) is 13.1. The molecule has 2 aliphatic rings. The quantitative estimate of drug-likeness (QED) is 0.0308. The Bertz CT molecular complexity index is 2680. The first kappa shape index (κ1) is 59.7. The first-order valence-electron chi connectivity index (χ1n) is 25.6. The van der Waals surface area contributed by atoms with Gasteiger partial charge in [0.1, 0.15) is 47.3 Å². The van der Waals surface area contributed by atoms with Crippen LogP contribution >= 0.6 is 22.6 Å². The molecule has 2 aliphatic heterocycles. The molecule has 400 valence electrons. The molecule has 16 nitrogen and oxygen atoms in total. The molecule has 0 amide bonds. The van der Waals surface area contributed by atoms with E-state index in [4.69, 9.17) is 32.9 Å². The van der Waals surface area contributed by atoms with Gasteiger partial charge in [-0.25, -0.2) is 9.97 Å². The molecule has 2 fully saturated rings. The summed E-state index contributed by atoms with van der Waals surface area (Å²) in [4.78, 5) is 8.53. The van der Waals surface area contributed by atoms with Gasteiger partial charge in [-0.3, -0.25) is 0 Å². The van der Waals surface area contributed by atoms with Gasteiger partial charge >= 0.3 is 7.12 Å². The molecule has 6 aromatic rings. The van der Waals surface area contributed by atoms with Crippen LogP contribution in [-0.2, 0) is 18.8 Å². The van der Waals surface area contributed by atoms with Gasteiger partial charge in [0.2, 0.25) is 0 Å². The van der Waals surface area contributed by atoms with Crippen LogP contribution in [0.3, 0.4) is 0 Å². The number of hydrogen-bond donors (Lipinski definition) is 4. The van der Waals surface area contributed by atoms with Crippen LogP contribution in [0, 0.1) is 27.4 Å². The van der Waals surface area contributed by atoms with E-state index in [1.165, 1.54) is 12.8 Å². The molecule has 0 spiro atoms. The molecule has 6 heterocycles. The molecule has 4 N–H and O–H groups in total. The Morgan fingerprint density at radius 3 is 1.86 bits per heavy atom. The highest BCUT2D eigenvalue weighted by Gasteiger charge is 2.51. The van der Waals surface area contributed by atoms with Crippen LogP contribution in [0.4, 0.5) is 0 Å². The molecule has 18 heteroatoms. The molecule has 1 unspecified atom stereocenters. The summed E-state index contributed by atoms with van der Waals surface area (Å²) in [7, 11) is -0.294. The van der Waals surface area contributed by atoms with E-state index in [2.05, 4.69) is 78.6 Å². The fraction of sp³-hybridized carbons (Fsp3) is 0.500. The maximum absolute atomic E-state index is 9.85. The highest BCUT2D eigenvalue weighted by Crippen LogP contribution is 2.36. The average molecular weight is 1130 g/mol. The van der Waals surface area contributed by atoms with Gasteiger partial charge in [-0.05, 0) is 116 Å². The molecule has 0 aliphatic carbocycles. The molecule has 0 bridgehead atoms. The molecular formula is C56H76BIN6O10. The maximum Gasteiger partial charge on any atom is 0.494 e. The third kappa shape index (κ3) is 16.7. The predicted molar refractivity (Wildman–Crippen MR) is 295 cm³/mol. The van der Waals surface area contributed by atoms with Crippen LogP contribution < -0.4 is 5.46 Å². The number of nitrogens with zero attached hydrogens (tertiary/aromatic N) is 6. The number of rotatable bonds is 16. The fourth-order valence-electron chi connectivity index (χ4n) is 7.76. The second-order valence-electron chi connectivity index (χ2n) is 18.5. The van der Waals surface area contributed by atoms with Gasteiger partial charge in [0.05, 0.1) is 24.4 Å². The number of aliphatic hydroxyl groups is 4. The standard InChI is InChI=1S/C21H23N3O4.C18H25BO2.C15H20IN3O4.C2H6.H2/c1-15(27)21-22-10-11-24(21)19(14-26)18-13-20(28-23-18)17-8-6-16(7-9-17)5-3-2-4-12-25;1-6-7-8-9-10-15-11-13-16(14-12-15)19-20-17(2,3)18(4,5)21-19;1-10(22-14-4-2-3-7-21-14)15-17-5-6-19(15)12(9-20)11-8-13(16)23-18-11;1-2;/h6-11,13,15,19,25-27H,2,4,12,14H2,1H3;11-14H,6-8H2,1-5H3;5-6,8,10,12,14,20H,2-4,7,9H2,1H3;1-2H3;1H/t15-,19+;;10-,12+,14?;;/m0.0../s1/i;;;;1+1. The van der Waals surface area contributed by atoms with E-state index in [1.807, 2.05) is 103 Å². The van der Waals surface area contributed by atoms with Crippen molar-refractivity contribution in [3.8, 4) is 35.0 Å².